The molecular formula is C20H30O4. The molecule has 3 aliphatic rings. The van der Waals surface area contributed by atoms with Gasteiger partial charge in [-0.15, -0.1) is 0 Å². The minimum atomic E-state index is -1.02. The first-order chi connectivity index (χ1) is 11.1. The Morgan fingerprint density at radius 2 is 1.96 bits per heavy atom. The van der Waals surface area contributed by atoms with E-state index >= 15 is 0 Å². The molecule has 1 aliphatic heterocycles. The molecule has 2 aliphatic carbocycles. The van der Waals surface area contributed by atoms with Crippen molar-refractivity contribution in [2.75, 3.05) is 6.61 Å². The molecule has 0 aromatic carbocycles. The molecule has 134 valence electrons. The average Bonchev–Trinajstić information content (AvgIpc) is 2.92. The number of cyclic esters (lactones) is 1. The van der Waals surface area contributed by atoms with Gasteiger partial charge in [0.15, 0.2) is 0 Å². The summed E-state index contributed by atoms with van der Waals surface area (Å²) in [6, 6.07) is 0. The molecule has 0 aromatic rings. The van der Waals surface area contributed by atoms with Crippen LogP contribution in [0.1, 0.15) is 66.2 Å². The predicted molar refractivity (Wildman–Crippen MR) is 91.2 cm³/mol. The van der Waals surface area contributed by atoms with Crippen LogP contribution in [-0.2, 0) is 14.3 Å². The highest BCUT2D eigenvalue weighted by atomic mass is 16.5. The lowest BCUT2D eigenvalue weighted by atomic mass is 9.44. The highest BCUT2D eigenvalue weighted by Crippen LogP contribution is 2.62. The summed E-state index contributed by atoms with van der Waals surface area (Å²) in [5.41, 5.74) is -0.278. The van der Waals surface area contributed by atoms with Crippen LogP contribution in [-0.4, -0.2) is 29.1 Å². The van der Waals surface area contributed by atoms with E-state index in [9.17, 15) is 14.7 Å². The van der Waals surface area contributed by atoms with Gasteiger partial charge < -0.3 is 9.84 Å². The van der Waals surface area contributed by atoms with Gasteiger partial charge in [-0.1, -0.05) is 34.1 Å². The van der Waals surface area contributed by atoms with E-state index in [4.69, 9.17) is 4.74 Å². The molecular weight excluding hydrogens is 304 g/mol. The molecule has 2 saturated carbocycles. The van der Waals surface area contributed by atoms with Crippen LogP contribution in [0.25, 0.3) is 0 Å². The number of hydrogen-bond donors (Lipinski definition) is 1. The van der Waals surface area contributed by atoms with Gasteiger partial charge in [0.05, 0.1) is 5.60 Å². The lowest BCUT2D eigenvalue weighted by Gasteiger charge is -2.62. The van der Waals surface area contributed by atoms with E-state index in [-0.39, 0.29) is 34.4 Å². The van der Waals surface area contributed by atoms with Crippen molar-refractivity contribution < 1.29 is 19.4 Å². The smallest absolute Gasteiger partial charge is 0.331 e. The molecule has 0 bridgehead atoms. The summed E-state index contributed by atoms with van der Waals surface area (Å²) >= 11 is 0. The second kappa shape index (κ2) is 5.69. The van der Waals surface area contributed by atoms with Gasteiger partial charge in [-0.3, -0.25) is 4.79 Å². The van der Waals surface area contributed by atoms with Gasteiger partial charge in [0.1, 0.15) is 12.4 Å². The SMILES string of the molecule is CC1C(=O)CC2C(C)(C)CCCC2(C)C1(O)CCC1=CC(=O)OC1. The van der Waals surface area contributed by atoms with Crippen molar-refractivity contribution in [3.63, 3.8) is 0 Å². The van der Waals surface area contributed by atoms with Gasteiger partial charge in [0.25, 0.3) is 0 Å². The van der Waals surface area contributed by atoms with E-state index < -0.39 is 5.60 Å². The molecule has 4 unspecified atom stereocenters. The van der Waals surface area contributed by atoms with E-state index in [0.29, 0.717) is 25.9 Å². The third-order valence-electron chi connectivity index (χ3n) is 7.37. The summed E-state index contributed by atoms with van der Waals surface area (Å²) in [6.45, 7) is 8.88. The van der Waals surface area contributed by atoms with Crippen LogP contribution in [0.3, 0.4) is 0 Å². The van der Waals surface area contributed by atoms with Crippen molar-refractivity contribution in [3.8, 4) is 0 Å². The minimum absolute atomic E-state index is 0.0719. The first-order valence-electron chi connectivity index (χ1n) is 9.21. The molecule has 0 saturated heterocycles. The standard InChI is InChI=1S/C20H30O4/c1-13-15(21)11-16-18(2,3)7-5-8-19(16,4)20(13,23)9-6-14-10-17(22)24-12-14/h10,13,16,23H,5-9,11-12H2,1-4H3. The lowest BCUT2D eigenvalue weighted by Crippen LogP contribution is -2.64. The number of esters is 1. The Labute approximate surface area is 144 Å². The number of rotatable bonds is 3. The van der Waals surface area contributed by atoms with Crippen LogP contribution < -0.4 is 0 Å². The topological polar surface area (TPSA) is 63.6 Å². The van der Waals surface area contributed by atoms with E-state index in [1.807, 2.05) is 6.92 Å². The zero-order chi connectivity index (χ0) is 17.8. The largest absolute Gasteiger partial charge is 0.458 e. The second-order valence-corrected chi connectivity index (χ2v) is 9.04. The maximum atomic E-state index is 12.7. The van der Waals surface area contributed by atoms with Gasteiger partial charge in [-0.05, 0) is 42.6 Å². The van der Waals surface area contributed by atoms with Crippen molar-refractivity contribution >= 4 is 11.8 Å². The van der Waals surface area contributed by atoms with Crippen LogP contribution in [0, 0.1) is 22.7 Å². The fraction of sp³-hybridized carbons (Fsp3) is 0.800. The number of fused-ring (bicyclic) bond motifs is 1. The van der Waals surface area contributed by atoms with Crippen molar-refractivity contribution in [1.29, 1.82) is 0 Å². The second-order valence-electron chi connectivity index (χ2n) is 9.04. The number of hydrogen-bond acceptors (Lipinski definition) is 4. The maximum Gasteiger partial charge on any atom is 0.331 e. The third-order valence-corrected chi connectivity index (χ3v) is 7.37. The van der Waals surface area contributed by atoms with Crippen molar-refractivity contribution in [2.45, 2.75) is 71.8 Å². The molecule has 0 amide bonds. The summed E-state index contributed by atoms with van der Waals surface area (Å²) in [6.07, 6.45) is 6.41. The van der Waals surface area contributed by atoms with Crippen LogP contribution in [0.5, 0.6) is 0 Å². The highest BCUT2D eigenvalue weighted by Gasteiger charge is 2.63. The van der Waals surface area contributed by atoms with Crippen molar-refractivity contribution in [3.05, 3.63) is 11.6 Å². The van der Waals surface area contributed by atoms with Gasteiger partial charge in [0.2, 0.25) is 0 Å². The molecule has 4 atom stereocenters. The van der Waals surface area contributed by atoms with Crippen molar-refractivity contribution in [2.24, 2.45) is 22.7 Å². The Balaban J connectivity index is 1.91. The van der Waals surface area contributed by atoms with Gasteiger partial charge in [-0.25, -0.2) is 4.79 Å². The van der Waals surface area contributed by atoms with Crippen molar-refractivity contribution in [1.82, 2.24) is 0 Å². The first-order valence-corrected chi connectivity index (χ1v) is 9.21. The maximum absolute atomic E-state index is 12.7. The van der Waals surface area contributed by atoms with Crippen LogP contribution in [0.15, 0.2) is 11.6 Å². The molecule has 0 spiro atoms. The quantitative estimate of drug-likeness (QED) is 0.803. The fourth-order valence-electron chi connectivity index (χ4n) is 5.69. The Hall–Kier alpha value is -1.16. The molecule has 2 fully saturated rings. The monoisotopic (exact) mass is 334 g/mol. The third kappa shape index (κ3) is 2.54. The molecule has 0 radical (unpaired) electrons. The normalized spacial score (nSPS) is 41.6. The van der Waals surface area contributed by atoms with Gasteiger partial charge >= 0.3 is 5.97 Å². The van der Waals surface area contributed by atoms with E-state index in [0.717, 1.165) is 24.8 Å². The zero-order valence-electron chi connectivity index (χ0n) is 15.4. The average molecular weight is 334 g/mol. The number of carbonyl (C=O) groups is 2. The van der Waals surface area contributed by atoms with Crippen LogP contribution in [0.2, 0.25) is 0 Å². The molecule has 3 rings (SSSR count). The Morgan fingerprint density at radius 1 is 1.25 bits per heavy atom. The van der Waals surface area contributed by atoms with E-state index in [1.54, 1.807) is 0 Å². The van der Waals surface area contributed by atoms with Gasteiger partial charge in [0, 0.05) is 23.8 Å². The zero-order valence-corrected chi connectivity index (χ0v) is 15.4. The van der Waals surface area contributed by atoms with E-state index in [2.05, 4.69) is 20.8 Å². The molecule has 4 nitrogen and oxygen atoms in total. The lowest BCUT2D eigenvalue weighted by molar-refractivity contribution is -0.208. The summed E-state index contributed by atoms with van der Waals surface area (Å²) in [4.78, 5) is 24.0. The Bertz CT molecular complexity index is 590. The highest BCUT2D eigenvalue weighted by molar-refractivity contribution is 5.85. The minimum Gasteiger partial charge on any atom is -0.458 e. The molecule has 4 heteroatoms. The molecule has 24 heavy (non-hydrogen) atoms. The Morgan fingerprint density at radius 3 is 2.58 bits per heavy atom. The summed E-state index contributed by atoms with van der Waals surface area (Å²) in [5, 5.41) is 11.7. The fourth-order valence-corrected chi connectivity index (χ4v) is 5.69. The molecule has 0 aromatic heterocycles. The van der Waals surface area contributed by atoms with E-state index in [1.165, 1.54) is 6.08 Å². The number of aliphatic hydroxyl groups is 1. The summed E-state index contributed by atoms with van der Waals surface area (Å²) in [5.74, 6) is -0.260. The molecule has 1 heterocycles. The number of ketones is 1. The predicted octanol–water partition coefficient (Wildman–Crippen LogP) is 3.42. The summed E-state index contributed by atoms with van der Waals surface area (Å²) in [7, 11) is 0. The number of Topliss-reactive ketones (excluding diaryl/α,β-unsaturated/α-hetero) is 1. The van der Waals surface area contributed by atoms with Gasteiger partial charge in [-0.2, -0.15) is 0 Å². The first kappa shape index (κ1) is 17.7. The molecule has 1 N–H and O–H groups in total. The number of carbonyl (C=O) groups excluding carboxylic acids is 2. The Kier molecular flexibility index (Phi) is 4.18. The van der Waals surface area contributed by atoms with Crippen LogP contribution in [0.4, 0.5) is 0 Å². The number of ether oxygens (including phenoxy) is 1. The van der Waals surface area contributed by atoms with Crippen LogP contribution >= 0.6 is 0 Å². The summed E-state index contributed by atoms with van der Waals surface area (Å²) < 4.78 is 4.97.